The Hall–Kier alpha value is -1.35. The summed E-state index contributed by atoms with van der Waals surface area (Å²) in [5, 5.41) is 2.79. The van der Waals surface area contributed by atoms with Gasteiger partial charge in [-0.2, -0.15) is 0 Å². The Morgan fingerprint density at radius 1 is 1.38 bits per heavy atom. The van der Waals surface area contributed by atoms with E-state index in [2.05, 4.69) is 5.32 Å². The van der Waals surface area contributed by atoms with Crippen molar-refractivity contribution in [2.45, 2.75) is 19.9 Å². The van der Waals surface area contributed by atoms with Gasteiger partial charge in [0, 0.05) is 11.3 Å². The number of hydrogen-bond donors (Lipinski definition) is 2. The molecule has 68 valence electrons. The molecular weight excluding hydrogens is 164 g/mol. The zero-order chi connectivity index (χ0) is 9.59. The summed E-state index contributed by atoms with van der Waals surface area (Å²) in [7, 11) is 0. The SMILES string of the molecule is Cc1ccc2c(c1C)NC(=O)C2N. The van der Waals surface area contributed by atoms with E-state index in [9.17, 15) is 4.79 Å². The molecule has 0 aromatic heterocycles. The molecule has 0 spiro atoms. The third kappa shape index (κ3) is 1.04. The summed E-state index contributed by atoms with van der Waals surface area (Å²) in [6.45, 7) is 4.01. The van der Waals surface area contributed by atoms with Crippen molar-refractivity contribution in [1.29, 1.82) is 0 Å². The normalized spacial score (nSPS) is 19.9. The molecule has 2 rings (SSSR count). The molecule has 1 heterocycles. The van der Waals surface area contributed by atoms with Crippen LogP contribution in [0.3, 0.4) is 0 Å². The van der Waals surface area contributed by atoms with E-state index in [1.165, 1.54) is 5.56 Å². The molecule has 13 heavy (non-hydrogen) atoms. The summed E-state index contributed by atoms with van der Waals surface area (Å²) in [4.78, 5) is 11.3. The molecule has 0 radical (unpaired) electrons. The highest BCUT2D eigenvalue weighted by molar-refractivity contribution is 6.03. The predicted molar refractivity (Wildman–Crippen MR) is 51.5 cm³/mol. The Labute approximate surface area is 76.9 Å². The van der Waals surface area contributed by atoms with Crippen LogP contribution in [0, 0.1) is 13.8 Å². The highest BCUT2D eigenvalue weighted by atomic mass is 16.2. The Balaban J connectivity index is 2.64. The van der Waals surface area contributed by atoms with Crippen LogP contribution >= 0.6 is 0 Å². The van der Waals surface area contributed by atoms with E-state index in [0.29, 0.717) is 0 Å². The number of carbonyl (C=O) groups excluding carboxylic acids is 1. The fourth-order valence-corrected chi connectivity index (χ4v) is 1.60. The fourth-order valence-electron chi connectivity index (χ4n) is 1.60. The van der Waals surface area contributed by atoms with Gasteiger partial charge in [-0.05, 0) is 25.0 Å². The number of rotatable bonds is 0. The van der Waals surface area contributed by atoms with E-state index in [1.54, 1.807) is 0 Å². The van der Waals surface area contributed by atoms with Gasteiger partial charge < -0.3 is 11.1 Å². The molecule has 0 bridgehead atoms. The zero-order valence-corrected chi connectivity index (χ0v) is 7.72. The van der Waals surface area contributed by atoms with E-state index < -0.39 is 6.04 Å². The lowest BCUT2D eigenvalue weighted by atomic mass is 10.0. The molecule has 0 fully saturated rings. The Kier molecular flexibility index (Phi) is 1.63. The van der Waals surface area contributed by atoms with Gasteiger partial charge in [0.1, 0.15) is 6.04 Å². The Morgan fingerprint density at radius 2 is 2.08 bits per heavy atom. The number of carbonyl (C=O) groups is 1. The van der Waals surface area contributed by atoms with Crippen molar-refractivity contribution in [1.82, 2.24) is 0 Å². The second-order valence-electron chi connectivity index (χ2n) is 3.44. The molecule has 3 heteroatoms. The zero-order valence-electron chi connectivity index (χ0n) is 7.72. The van der Waals surface area contributed by atoms with E-state index in [4.69, 9.17) is 5.73 Å². The van der Waals surface area contributed by atoms with Gasteiger partial charge in [-0.15, -0.1) is 0 Å². The first kappa shape index (κ1) is 8.26. The van der Waals surface area contributed by atoms with E-state index >= 15 is 0 Å². The molecule has 1 unspecified atom stereocenters. The van der Waals surface area contributed by atoms with Gasteiger partial charge in [0.05, 0.1) is 0 Å². The van der Waals surface area contributed by atoms with Gasteiger partial charge in [0.2, 0.25) is 5.91 Å². The Bertz CT molecular complexity index is 385. The van der Waals surface area contributed by atoms with Gasteiger partial charge in [0.15, 0.2) is 0 Å². The number of benzene rings is 1. The second kappa shape index (κ2) is 2.57. The molecule has 1 amide bonds. The molecule has 3 nitrogen and oxygen atoms in total. The van der Waals surface area contributed by atoms with Crippen LogP contribution in [-0.2, 0) is 4.79 Å². The van der Waals surface area contributed by atoms with E-state index in [0.717, 1.165) is 16.8 Å². The average molecular weight is 176 g/mol. The van der Waals surface area contributed by atoms with Crippen LogP contribution in [0.2, 0.25) is 0 Å². The summed E-state index contributed by atoms with van der Waals surface area (Å²) >= 11 is 0. The van der Waals surface area contributed by atoms with Crippen LogP contribution in [-0.4, -0.2) is 5.91 Å². The lowest BCUT2D eigenvalue weighted by Crippen LogP contribution is -2.19. The minimum absolute atomic E-state index is 0.108. The van der Waals surface area contributed by atoms with Crippen molar-refractivity contribution in [3.8, 4) is 0 Å². The fraction of sp³-hybridized carbons (Fsp3) is 0.300. The van der Waals surface area contributed by atoms with Gasteiger partial charge >= 0.3 is 0 Å². The topological polar surface area (TPSA) is 55.1 Å². The molecule has 1 aliphatic rings. The average Bonchev–Trinajstić information content (AvgIpc) is 2.38. The van der Waals surface area contributed by atoms with Crippen LogP contribution in [0.25, 0.3) is 0 Å². The van der Waals surface area contributed by atoms with Crippen molar-refractivity contribution in [3.05, 3.63) is 28.8 Å². The van der Waals surface area contributed by atoms with Crippen LogP contribution in [0.15, 0.2) is 12.1 Å². The molecule has 0 aliphatic carbocycles. The first-order valence-corrected chi connectivity index (χ1v) is 4.28. The smallest absolute Gasteiger partial charge is 0.245 e. The lowest BCUT2D eigenvalue weighted by Gasteiger charge is -2.06. The van der Waals surface area contributed by atoms with Crippen LogP contribution in [0.5, 0.6) is 0 Å². The van der Waals surface area contributed by atoms with Gasteiger partial charge in [-0.25, -0.2) is 0 Å². The third-order valence-corrected chi connectivity index (χ3v) is 2.63. The van der Waals surface area contributed by atoms with Gasteiger partial charge in [-0.3, -0.25) is 4.79 Å². The standard InChI is InChI=1S/C10H12N2O/c1-5-3-4-7-8(11)10(13)12-9(7)6(5)2/h3-4,8H,11H2,1-2H3,(H,12,13). The number of nitrogens with two attached hydrogens (primary N) is 1. The van der Waals surface area contributed by atoms with E-state index in [1.807, 2.05) is 26.0 Å². The first-order valence-electron chi connectivity index (χ1n) is 4.28. The molecule has 1 aromatic carbocycles. The van der Waals surface area contributed by atoms with Gasteiger partial charge in [-0.1, -0.05) is 12.1 Å². The van der Waals surface area contributed by atoms with Crippen molar-refractivity contribution in [2.24, 2.45) is 5.73 Å². The van der Waals surface area contributed by atoms with Crippen LogP contribution < -0.4 is 11.1 Å². The highest BCUT2D eigenvalue weighted by Gasteiger charge is 2.28. The summed E-state index contributed by atoms with van der Waals surface area (Å²) in [6, 6.07) is 3.42. The first-order chi connectivity index (χ1) is 6.11. The van der Waals surface area contributed by atoms with Crippen molar-refractivity contribution in [2.75, 3.05) is 5.32 Å². The minimum Gasteiger partial charge on any atom is -0.324 e. The summed E-state index contributed by atoms with van der Waals surface area (Å²) < 4.78 is 0. The second-order valence-corrected chi connectivity index (χ2v) is 3.44. The van der Waals surface area contributed by atoms with Crippen LogP contribution in [0.4, 0.5) is 5.69 Å². The Morgan fingerprint density at radius 3 is 2.77 bits per heavy atom. The predicted octanol–water partition coefficient (Wildman–Crippen LogP) is 1.26. The minimum atomic E-state index is -0.491. The monoisotopic (exact) mass is 176 g/mol. The number of aryl methyl sites for hydroxylation is 1. The van der Waals surface area contributed by atoms with E-state index in [-0.39, 0.29) is 5.91 Å². The highest BCUT2D eigenvalue weighted by Crippen LogP contribution is 2.33. The molecular formula is C10H12N2O. The molecule has 1 atom stereocenters. The van der Waals surface area contributed by atoms with Crippen molar-refractivity contribution >= 4 is 11.6 Å². The maximum Gasteiger partial charge on any atom is 0.245 e. The number of nitrogens with one attached hydrogen (secondary N) is 1. The van der Waals surface area contributed by atoms with Gasteiger partial charge in [0.25, 0.3) is 0 Å². The molecule has 0 saturated heterocycles. The van der Waals surface area contributed by atoms with Crippen molar-refractivity contribution in [3.63, 3.8) is 0 Å². The lowest BCUT2D eigenvalue weighted by molar-refractivity contribution is -0.116. The number of amides is 1. The number of hydrogen-bond acceptors (Lipinski definition) is 2. The molecule has 3 N–H and O–H groups in total. The summed E-state index contributed by atoms with van der Waals surface area (Å²) in [6.07, 6.45) is 0. The third-order valence-electron chi connectivity index (χ3n) is 2.63. The molecule has 1 aromatic rings. The van der Waals surface area contributed by atoms with Crippen molar-refractivity contribution < 1.29 is 4.79 Å². The molecule has 0 saturated carbocycles. The largest absolute Gasteiger partial charge is 0.324 e. The summed E-state index contributed by atoms with van der Waals surface area (Å²) in [5.41, 5.74) is 9.79. The quantitative estimate of drug-likeness (QED) is 0.625. The number of anilines is 1. The summed E-state index contributed by atoms with van der Waals surface area (Å²) in [5.74, 6) is -0.108. The maximum absolute atomic E-state index is 11.3. The maximum atomic E-state index is 11.3. The van der Waals surface area contributed by atoms with Crippen LogP contribution in [0.1, 0.15) is 22.7 Å². The molecule has 1 aliphatic heterocycles. The number of fused-ring (bicyclic) bond motifs is 1.